The molecule has 30 heavy (non-hydrogen) atoms. The van der Waals surface area contributed by atoms with Crippen molar-refractivity contribution < 1.29 is 14.3 Å². The number of aromatic nitrogens is 2. The third kappa shape index (κ3) is 3.66. The van der Waals surface area contributed by atoms with Crippen molar-refractivity contribution >= 4 is 34.1 Å². The zero-order valence-corrected chi connectivity index (χ0v) is 17.1. The summed E-state index contributed by atoms with van der Waals surface area (Å²) < 4.78 is 13.6. The molecule has 0 spiro atoms. The first-order valence-electron chi connectivity index (χ1n) is 9.61. The summed E-state index contributed by atoms with van der Waals surface area (Å²) >= 11 is 6.29. The summed E-state index contributed by atoms with van der Waals surface area (Å²) in [5.74, 6) is 0.557. The van der Waals surface area contributed by atoms with Crippen LogP contribution in [-0.2, 0) is 17.9 Å². The Labute approximate surface area is 176 Å². The number of hydrogen-bond donors (Lipinski definition) is 1. The molecular formula is C21H20ClN3O5. The van der Waals surface area contributed by atoms with Gasteiger partial charge in [-0.1, -0.05) is 23.7 Å². The maximum Gasteiger partial charge on any atom is 0.331 e. The second-order valence-electron chi connectivity index (χ2n) is 6.81. The molecule has 4 rings (SSSR count). The lowest BCUT2D eigenvalue weighted by Crippen LogP contribution is -2.41. The lowest BCUT2D eigenvalue weighted by atomic mass is 10.2. The van der Waals surface area contributed by atoms with Crippen LogP contribution in [0.2, 0.25) is 5.02 Å². The number of halogens is 1. The third-order valence-electron chi connectivity index (χ3n) is 4.86. The van der Waals surface area contributed by atoms with E-state index in [4.69, 9.17) is 21.1 Å². The van der Waals surface area contributed by atoms with E-state index < -0.39 is 11.6 Å². The Morgan fingerprint density at radius 1 is 1.10 bits per heavy atom. The Morgan fingerprint density at radius 2 is 1.80 bits per heavy atom. The van der Waals surface area contributed by atoms with E-state index in [0.717, 1.165) is 11.0 Å². The van der Waals surface area contributed by atoms with Crippen molar-refractivity contribution in [3.05, 3.63) is 62.3 Å². The molecule has 1 aromatic heterocycles. The van der Waals surface area contributed by atoms with Crippen LogP contribution in [0.15, 0.2) is 46.0 Å². The SMILES string of the molecule is CCn1c(=O)c2ccccc2n(CC(=O)Nc2cc3c(cc2Cl)OCCCO3)c1=O. The second-order valence-corrected chi connectivity index (χ2v) is 7.22. The number of nitrogens with zero attached hydrogens (tertiary/aromatic N) is 2. The topological polar surface area (TPSA) is 91.6 Å². The smallest absolute Gasteiger partial charge is 0.331 e. The van der Waals surface area contributed by atoms with Gasteiger partial charge in [0.1, 0.15) is 6.54 Å². The molecule has 0 atom stereocenters. The maximum atomic E-state index is 12.8. The quantitative estimate of drug-likeness (QED) is 0.688. The number of fused-ring (bicyclic) bond motifs is 2. The van der Waals surface area contributed by atoms with Gasteiger partial charge in [-0.2, -0.15) is 0 Å². The number of para-hydroxylation sites is 1. The van der Waals surface area contributed by atoms with Crippen LogP contribution in [0.3, 0.4) is 0 Å². The number of rotatable bonds is 4. The highest BCUT2D eigenvalue weighted by atomic mass is 35.5. The minimum absolute atomic E-state index is 0.206. The number of carbonyl (C=O) groups excluding carboxylic acids is 1. The molecule has 0 bridgehead atoms. The van der Waals surface area contributed by atoms with E-state index >= 15 is 0 Å². The Hall–Kier alpha value is -3.26. The number of amides is 1. The highest BCUT2D eigenvalue weighted by molar-refractivity contribution is 6.34. The molecule has 0 saturated heterocycles. The summed E-state index contributed by atoms with van der Waals surface area (Å²) in [5, 5.41) is 3.39. The fourth-order valence-corrected chi connectivity index (χ4v) is 3.62. The number of benzene rings is 2. The molecule has 2 aromatic carbocycles. The van der Waals surface area contributed by atoms with Crippen LogP contribution in [0.4, 0.5) is 5.69 Å². The molecule has 0 radical (unpaired) electrons. The standard InChI is InChI=1S/C21H20ClN3O5/c1-2-24-20(27)13-6-3-4-7-16(13)25(21(24)28)12-19(26)23-15-11-18-17(10-14(15)22)29-8-5-9-30-18/h3-4,6-7,10-11H,2,5,8-9,12H2,1H3,(H,23,26). The monoisotopic (exact) mass is 429 g/mol. The van der Waals surface area contributed by atoms with Gasteiger partial charge in [-0.15, -0.1) is 0 Å². The summed E-state index contributed by atoms with van der Waals surface area (Å²) in [6.45, 7) is 2.67. The van der Waals surface area contributed by atoms with Gasteiger partial charge in [0, 0.05) is 25.1 Å². The van der Waals surface area contributed by atoms with Crippen molar-refractivity contribution in [3.63, 3.8) is 0 Å². The molecule has 1 aliphatic rings. The van der Waals surface area contributed by atoms with Crippen LogP contribution in [0, 0.1) is 0 Å². The van der Waals surface area contributed by atoms with Crippen LogP contribution in [0.5, 0.6) is 11.5 Å². The van der Waals surface area contributed by atoms with Gasteiger partial charge >= 0.3 is 5.69 Å². The van der Waals surface area contributed by atoms with Gasteiger partial charge in [0.2, 0.25) is 5.91 Å². The Morgan fingerprint density at radius 3 is 2.53 bits per heavy atom. The van der Waals surface area contributed by atoms with Crippen molar-refractivity contribution in [1.82, 2.24) is 9.13 Å². The zero-order valence-electron chi connectivity index (χ0n) is 16.3. The molecule has 0 aliphatic carbocycles. The number of carbonyl (C=O) groups is 1. The number of nitrogens with one attached hydrogen (secondary N) is 1. The predicted molar refractivity (Wildman–Crippen MR) is 114 cm³/mol. The fourth-order valence-electron chi connectivity index (χ4n) is 3.42. The van der Waals surface area contributed by atoms with E-state index in [1.807, 2.05) is 0 Å². The first kappa shape index (κ1) is 20.0. The second kappa shape index (κ2) is 8.23. The summed E-state index contributed by atoms with van der Waals surface area (Å²) in [4.78, 5) is 38.1. The van der Waals surface area contributed by atoms with Gasteiger partial charge in [0.15, 0.2) is 11.5 Å². The molecule has 1 amide bonds. The van der Waals surface area contributed by atoms with Crippen molar-refractivity contribution in [2.45, 2.75) is 26.4 Å². The first-order chi connectivity index (χ1) is 14.5. The minimum Gasteiger partial charge on any atom is -0.490 e. The highest BCUT2D eigenvalue weighted by Gasteiger charge is 2.18. The molecule has 0 saturated carbocycles. The summed E-state index contributed by atoms with van der Waals surface area (Å²) in [7, 11) is 0. The van der Waals surface area contributed by atoms with E-state index in [1.54, 1.807) is 43.3 Å². The van der Waals surface area contributed by atoms with Gasteiger partial charge in [0.25, 0.3) is 5.56 Å². The normalized spacial score (nSPS) is 13.1. The Bertz CT molecular complexity index is 1250. The van der Waals surface area contributed by atoms with E-state index in [9.17, 15) is 14.4 Å². The Balaban J connectivity index is 1.67. The lowest BCUT2D eigenvalue weighted by Gasteiger charge is -2.15. The van der Waals surface area contributed by atoms with Crippen LogP contribution in [0.1, 0.15) is 13.3 Å². The van der Waals surface area contributed by atoms with Crippen LogP contribution < -0.4 is 26.0 Å². The van der Waals surface area contributed by atoms with E-state index in [-0.39, 0.29) is 18.6 Å². The summed E-state index contributed by atoms with van der Waals surface area (Å²) in [5.41, 5.74) is -0.161. The molecule has 1 aliphatic heterocycles. The van der Waals surface area contributed by atoms with E-state index in [0.29, 0.717) is 46.3 Å². The van der Waals surface area contributed by atoms with Crippen molar-refractivity contribution in [1.29, 1.82) is 0 Å². The molecule has 0 fully saturated rings. The predicted octanol–water partition coefficient (Wildman–Crippen LogP) is 2.64. The van der Waals surface area contributed by atoms with Gasteiger partial charge < -0.3 is 14.8 Å². The van der Waals surface area contributed by atoms with Crippen molar-refractivity contribution in [2.75, 3.05) is 18.5 Å². The van der Waals surface area contributed by atoms with Gasteiger partial charge in [-0.05, 0) is 19.1 Å². The van der Waals surface area contributed by atoms with Gasteiger partial charge in [-0.3, -0.25) is 18.7 Å². The van der Waals surface area contributed by atoms with Crippen LogP contribution in [0.25, 0.3) is 10.9 Å². The average Bonchev–Trinajstić information content (AvgIpc) is 2.97. The molecule has 1 N–H and O–H groups in total. The molecule has 2 heterocycles. The van der Waals surface area contributed by atoms with Crippen LogP contribution >= 0.6 is 11.6 Å². The molecule has 156 valence electrons. The lowest BCUT2D eigenvalue weighted by molar-refractivity contribution is -0.116. The summed E-state index contributed by atoms with van der Waals surface area (Å²) in [6.07, 6.45) is 0.747. The molecular weight excluding hydrogens is 410 g/mol. The molecule has 8 nitrogen and oxygen atoms in total. The number of ether oxygens (including phenoxy) is 2. The largest absolute Gasteiger partial charge is 0.490 e. The first-order valence-corrected chi connectivity index (χ1v) is 9.98. The van der Waals surface area contributed by atoms with E-state index in [2.05, 4.69) is 5.32 Å². The van der Waals surface area contributed by atoms with Crippen molar-refractivity contribution in [2.24, 2.45) is 0 Å². The zero-order chi connectivity index (χ0) is 21.3. The molecule has 9 heteroatoms. The van der Waals surface area contributed by atoms with Crippen LogP contribution in [-0.4, -0.2) is 28.3 Å². The molecule has 0 unspecified atom stereocenters. The van der Waals surface area contributed by atoms with Gasteiger partial charge in [-0.25, -0.2) is 4.79 Å². The fraction of sp³-hybridized carbons (Fsp3) is 0.286. The average molecular weight is 430 g/mol. The Kier molecular flexibility index (Phi) is 5.50. The maximum absolute atomic E-state index is 12.8. The summed E-state index contributed by atoms with van der Waals surface area (Å²) in [6, 6.07) is 9.92. The highest BCUT2D eigenvalue weighted by Crippen LogP contribution is 2.37. The minimum atomic E-state index is -0.541. The van der Waals surface area contributed by atoms with E-state index in [1.165, 1.54) is 4.57 Å². The van der Waals surface area contributed by atoms with Crippen molar-refractivity contribution in [3.8, 4) is 11.5 Å². The third-order valence-corrected chi connectivity index (χ3v) is 5.17. The van der Waals surface area contributed by atoms with Gasteiger partial charge in [0.05, 0.1) is 34.8 Å². The number of hydrogen-bond acceptors (Lipinski definition) is 5. The molecule has 3 aromatic rings. The number of anilines is 1.